The molecule has 1 amide bonds. The van der Waals surface area contributed by atoms with Gasteiger partial charge in [0.2, 0.25) is 0 Å². The van der Waals surface area contributed by atoms with Crippen molar-refractivity contribution in [1.82, 2.24) is 19.9 Å². The molecule has 7 nitrogen and oxygen atoms in total. The van der Waals surface area contributed by atoms with Gasteiger partial charge in [0.15, 0.2) is 5.65 Å². The summed E-state index contributed by atoms with van der Waals surface area (Å²) in [5.74, 6) is 0. The lowest BCUT2D eigenvalue weighted by molar-refractivity contribution is 0.0508. The highest BCUT2D eigenvalue weighted by atomic mass is 16.6. The number of aromatic nitrogens is 3. The molecule has 0 bridgehead atoms. The minimum Gasteiger partial charge on any atom is -0.444 e. The van der Waals surface area contributed by atoms with Crippen LogP contribution < -0.4 is 5.32 Å². The second-order valence-electron chi connectivity index (χ2n) is 8.69. The number of alkyl carbamates (subject to hydrolysis) is 1. The van der Waals surface area contributed by atoms with Gasteiger partial charge in [0.1, 0.15) is 5.60 Å². The molecule has 0 saturated carbocycles. The van der Waals surface area contributed by atoms with Crippen molar-refractivity contribution in [2.75, 3.05) is 0 Å². The number of amides is 1. The number of nitrogens with zero attached hydrogens (tertiary/aromatic N) is 3. The smallest absolute Gasteiger partial charge is 0.408 e. The summed E-state index contributed by atoms with van der Waals surface area (Å²) < 4.78 is 7.08. The monoisotopic (exact) mass is 396 g/mol. The van der Waals surface area contributed by atoms with Gasteiger partial charge in [0.25, 0.3) is 0 Å². The molecule has 0 saturated heterocycles. The number of imidazole rings is 1. The van der Waals surface area contributed by atoms with E-state index in [0.29, 0.717) is 11.3 Å². The van der Waals surface area contributed by atoms with Gasteiger partial charge in [-0.1, -0.05) is 18.2 Å². The Hall–Kier alpha value is -2.93. The molecule has 154 valence electrons. The SMILES string of the molecule is CC(NC(=O)OC(C)(C)C)c1cc2nccn2nc1-c1cccc(C(C)(C)O)c1. The van der Waals surface area contributed by atoms with Gasteiger partial charge in [-0.25, -0.2) is 14.3 Å². The molecule has 3 rings (SSSR count). The van der Waals surface area contributed by atoms with E-state index in [9.17, 15) is 9.90 Å². The van der Waals surface area contributed by atoms with Crippen LogP contribution in [-0.4, -0.2) is 31.4 Å². The van der Waals surface area contributed by atoms with Crippen molar-refractivity contribution in [2.45, 2.75) is 58.8 Å². The molecule has 0 aliphatic carbocycles. The van der Waals surface area contributed by atoms with Crippen LogP contribution in [0.5, 0.6) is 0 Å². The summed E-state index contributed by atoms with van der Waals surface area (Å²) in [7, 11) is 0. The number of aliphatic hydroxyl groups is 1. The zero-order valence-corrected chi connectivity index (χ0v) is 17.7. The number of carbonyl (C=O) groups is 1. The molecular weight excluding hydrogens is 368 g/mol. The number of carbonyl (C=O) groups excluding carboxylic acids is 1. The molecule has 2 heterocycles. The van der Waals surface area contributed by atoms with Crippen molar-refractivity contribution < 1.29 is 14.6 Å². The molecule has 0 fully saturated rings. The zero-order valence-electron chi connectivity index (χ0n) is 17.7. The largest absolute Gasteiger partial charge is 0.444 e. The maximum atomic E-state index is 12.3. The molecular formula is C22H28N4O3. The first-order valence-electron chi connectivity index (χ1n) is 9.61. The Morgan fingerprint density at radius 1 is 1.21 bits per heavy atom. The van der Waals surface area contributed by atoms with E-state index in [0.717, 1.165) is 16.7 Å². The molecule has 2 N–H and O–H groups in total. The van der Waals surface area contributed by atoms with Gasteiger partial charge in [-0.3, -0.25) is 0 Å². The van der Waals surface area contributed by atoms with Crippen LogP contribution in [0.25, 0.3) is 16.9 Å². The standard InChI is InChI=1S/C22H28N4O3/c1-14(24-20(27)29-21(2,3)4)17-13-18-23-10-11-26(18)25-19(17)15-8-7-9-16(12-15)22(5,6)28/h7-14,28H,1-6H3,(H,24,27). The number of ether oxygens (including phenoxy) is 1. The van der Waals surface area contributed by atoms with Crippen molar-refractivity contribution >= 4 is 11.7 Å². The van der Waals surface area contributed by atoms with Gasteiger partial charge >= 0.3 is 6.09 Å². The molecule has 2 aromatic heterocycles. The van der Waals surface area contributed by atoms with Crippen molar-refractivity contribution in [2.24, 2.45) is 0 Å². The summed E-state index contributed by atoms with van der Waals surface area (Å²) in [6.45, 7) is 10.8. The molecule has 0 aliphatic heterocycles. The van der Waals surface area contributed by atoms with Gasteiger partial charge in [-0.2, -0.15) is 5.10 Å². The fourth-order valence-electron chi connectivity index (χ4n) is 3.03. The molecule has 0 spiro atoms. The molecule has 29 heavy (non-hydrogen) atoms. The number of fused-ring (bicyclic) bond motifs is 1. The van der Waals surface area contributed by atoms with Crippen LogP contribution in [0.1, 0.15) is 58.7 Å². The van der Waals surface area contributed by atoms with Crippen LogP contribution in [0.15, 0.2) is 42.7 Å². The third-order valence-corrected chi connectivity index (χ3v) is 4.46. The van der Waals surface area contributed by atoms with Crippen molar-refractivity contribution in [3.63, 3.8) is 0 Å². The lowest BCUT2D eigenvalue weighted by atomic mass is 9.94. The average molecular weight is 396 g/mol. The highest BCUT2D eigenvalue weighted by Crippen LogP contribution is 2.30. The number of rotatable bonds is 4. The lowest BCUT2D eigenvalue weighted by Crippen LogP contribution is -2.34. The van der Waals surface area contributed by atoms with Crippen LogP contribution in [-0.2, 0) is 10.3 Å². The first-order chi connectivity index (χ1) is 13.4. The van der Waals surface area contributed by atoms with E-state index in [4.69, 9.17) is 9.84 Å². The van der Waals surface area contributed by atoms with Gasteiger partial charge in [-0.05, 0) is 59.2 Å². The highest BCUT2D eigenvalue weighted by molar-refractivity contribution is 5.71. The second-order valence-corrected chi connectivity index (χ2v) is 8.69. The molecule has 0 radical (unpaired) electrons. The van der Waals surface area contributed by atoms with E-state index in [1.54, 1.807) is 30.8 Å². The van der Waals surface area contributed by atoms with Crippen LogP contribution in [0.4, 0.5) is 4.79 Å². The third kappa shape index (κ3) is 4.92. The molecule has 1 atom stereocenters. The quantitative estimate of drug-likeness (QED) is 0.690. The Kier molecular flexibility index (Phi) is 5.36. The summed E-state index contributed by atoms with van der Waals surface area (Å²) in [6.07, 6.45) is 2.95. The Bertz CT molecular complexity index is 1030. The van der Waals surface area contributed by atoms with Crippen LogP contribution in [0, 0.1) is 0 Å². The van der Waals surface area contributed by atoms with E-state index < -0.39 is 17.3 Å². The van der Waals surface area contributed by atoms with Crippen LogP contribution >= 0.6 is 0 Å². The van der Waals surface area contributed by atoms with E-state index in [2.05, 4.69) is 10.3 Å². The van der Waals surface area contributed by atoms with Crippen LogP contribution in [0.2, 0.25) is 0 Å². The van der Waals surface area contributed by atoms with Gasteiger partial charge in [-0.15, -0.1) is 0 Å². The van der Waals surface area contributed by atoms with E-state index in [-0.39, 0.29) is 6.04 Å². The summed E-state index contributed by atoms with van der Waals surface area (Å²) in [4.78, 5) is 16.6. The number of hydrogen-bond donors (Lipinski definition) is 2. The van der Waals surface area contributed by atoms with Crippen LogP contribution in [0.3, 0.4) is 0 Å². The van der Waals surface area contributed by atoms with E-state index >= 15 is 0 Å². The van der Waals surface area contributed by atoms with Gasteiger partial charge in [0.05, 0.1) is 17.3 Å². The molecule has 0 aliphatic rings. The summed E-state index contributed by atoms with van der Waals surface area (Å²) in [5.41, 5.74) is 2.25. The van der Waals surface area contributed by atoms with Gasteiger partial charge in [0, 0.05) is 23.5 Å². The first kappa shape index (κ1) is 20.8. The fourth-order valence-corrected chi connectivity index (χ4v) is 3.03. The number of hydrogen-bond acceptors (Lipinski definition) is 5. The van der Waals surface area contributed by atoms with Gasteiger partial charge < -0.3 is 15.2 Å². The van der Waals surface area contributed by atoms with Crippen molar-refractivity contribution in [3.05, 3.63) is 53.9 Å². The Morgan fingerprint density at radius 2 is 1.93 bits per heavy atom. The maximum Gasteiger partial charge on any atom is 0.408 e. The fraction of sp³-hybridized carbons (Fsp3) is 0.409. The third-order valence-electron chi connectivity index (χ3n) is 4.46. The predicted octanol–water partition coefficient (Wildman–Crippen LogP) is 4.21. The Balaban J connectivity index is 2.04. The minimum absolute atomic E-state index is 0.361. The van der Waals surface area contributed by atoms with Crippen molar-refractivity contribution in [1.29, 1.82) is 0 Å². The predicted molar refractivity (Wildman–Crippen MR) is 111 cm³/mol. The summed E-state index contributed by atoms with van der Waals surface area (Å²) in [5, 5.41) is 18.0. The topological polar surface area (TPSA) is 88.8 Å². The molecule has 1 unspecified atom stereocenters. The average Bonchev–Trinajstić information content (AvgIpc) is 3.05. The highest BCUT2D eigenvalue weighted by Gasteiger charge is 2.23. The molecule has 7 heteroatoms. The summed E-state index contributed by atoms with van der Waals surface area (Å²) >= 11 is 0. The zero-order chi connectivity index (χ0) is 21.4. The maximum absolute atomic E-state index is 12.3. The molecule has 1 aromatic carbocycles. The van der Waals surface area contributed by atoms with E-state index in [1.165, 1.54) is 0 Å². The second kappa shape index (κ2) is 7.48. The van der Waals surface area contributed by atoms with E-state index in [1.807, 2.05) is 58.0 Å². The normalized spacial score (nSPS) is 13.3. The number of nitrogens with one attached hydrogen (secondary N) is 1. The Morgan fingerprint density at radius 3 is 2.59 bits per heavy atom. The molecule has 3 aromatic rings. The summed E-state index contributed by atoms with van der Waals surface area (Å²) in [6, 6.07) is 9.15. The first-order valence-corrected chi connectivity index (χ1v) is 9.61. The minimum atomic E-state index is -0.977. The van der Waals surface area contributed by atoms with Crippen molar-refractivity contribution in [3.8, 4) is 11.3 Å². The Labute approximate surface area is 170 Å². The number of benzene rings is 1. The lowest BCUT2D eigenvalue weighted by Gasteiger charge is -2.23.